The summed E-state index contributed by atoms with van der Waals surface area (Å²) in [5.41, 5.74) is 0.576. The van der Waals surface area contributed by atoms with Crippen molar-refractivity contribution in [3.05, 3.63) is 35.6 Å². The molecule has 1 saturated heterocycles. The van der Waals surface area contributed by atoms with Crippen LogP contribution in [0.3, 0.4) is 0 Å². The maximum absolute atomic E-state index is 13.4. The van der Waals surface area contributed by atoms with Crippen LogP contribution in [0.1, 0.15) is 72.3 Å². The lowest BCUT2D eigenvalue weighted by molar-refractivity contribution is 0.0173. The molecule has 0 aliphatic carbocycles. The van der Waals surface area contributed by atoms with Gasteiger partial charge >= 0.3 is 6.09 Å². The fourth-order valence-corrected chi connectivity index (χ4v) is 3.80. The Morgan fingerprint density at radius 3 is 2.46 bits per heavy atom. The first-order valence-electron chi connectivity index (χ1n) is 10.4. The molecule has 4 nitrogen and oxygen atoms in total. The molecule has 158 valence electrons. The minimum Gasteiger partial charge on any atom is -0.444 e. The number of piperidine rings is 1. The summed E-state index contributed by atoms with van der Waals surface area (Å²) in [6.45, 7) is 14.6. The highest BCUT2D eigenvalue weighted by atomic mass is 19.1. The number of ether oxygens (including phenoxy) is 1. The van der Waals surface area contributed by atoms with Crippen molar-refractivity contribution in [2.24, 2.45) is 5.92 Å². The van der Waals surface area contributed by atoms with E-state index in [1.165, 1.54) is 6.07 Å². The lowest BCUT2D eigenvalue weighted by atomic mass is 9.84. The van der Waals surface area contributed by atoms with E-state index in [0.717, 1.165) is 44.5 Å². The second kappa shape index (κ2) is 9.25. The summed E-state index contributed by atoms with van der Waals surface area (Å²) >= 11 is 0. The average molecular weight is 393 g/mol. The maximum atomic E-state index is 13.4. The van der Waals surface area contributed by atoms with Crippen molar-refractivity contribution in [2.75, 3.05) is 19.6 Å². The molecule has 28 heavy (non-hydrogen) atoms. The van der Waals surface area contributed by atoms with Crippen molar-refractivity contribution in [3.63, 3.8) is 0 Å². The Morgan fingerprint density at radius 1 is 1.25 bits per heavy atom. The fraction of sp³-hybridized carbons (Fsp3) is 0.696. The number of carbonyl (C=O) groups is 1. The van der Waals surface area contributed by atoms with E-state index < -0.39 is 5.60 Å². The van der Waals surface area contributed by atoms with E-state index in [4.69, 9.17) is 4.74 Å². The van der Waals surface area contributed by atoms with Gasteiger partial charge in [0.05, 0.1) is 0 Å². The van der Waals surface area contributed by atoms with Gasteiger partial charge in [0.1, 0.15) is 11.4 Å². The highest BCUT2D eigenvalue weighted by Crippen LogP contribution is 2.28. The molecule has 1 aliphatic rings. The molecule has 1 N–H and O–H groups in total. The van der Waals surface area contributed by atoms with Crippen LogP contribution in [0.4, 0.5) is 9.18 Å². The summed E-state index contributed by atoms with van der Waals surface area (Å²) in [6, 6.07) is 6.85. The van der Waals surface area contributed by atoms with E-state index >= 15 is 0 Å². The molecular weight excluding hydrogens is 355 g/mol. The van der Waals surface area contributed by atoms with Crippen LogP contribution in [-0.4, -0.2) is 41.8 Å². The van der Waals surface area contributed by atoms with Gasteiger partial charge in [0, 0.05) is 25.2 Å². The van der Waals surface area contributed by atoms with Crippen molar-refractivity contribution in [2.45, 2.75) is 77.9 Å². The number of amides is 1. The largest absolute Gasteiger partial charge is 0.444 e. The molecular formula is C23H37FN2O2. The van der Waals surface area contributed by atoms with Gasteiger partial charge in [-0.1, -0.05) is 19.1 Å². The molecule has 0 bridgehead atoms. The molecule has 5 heteroatoms. The van der Waals surface area contributed by atoms with Crippen molar-refractivity contribution >= 4 is 6.09 Å². The third-order valence-electron chi connectivity index (χ3n) is 5.37. The second-order valence-corrected chi connectivity index (χ2v) is 9.84. The van der Waals surface area contributed by atoms with Gasteiger partial charge in [-0.2, -0.15) is 0 Å². The smallest absolute Gasteiger partial charge is 0.410 e. The fourth-order valence-electron chi connectivity index (χ4n) is 3.80. The number of nitrogens with zero attached hydrogens (tertiary/aromatic N) is 1. The topological polar surface area (TPSA) is 41.6 Å². The molecule has 1 amide bonds. The van der Waals surface area contributed by atoms with E-state index in [1.54, 1.807) is 12.1 Å². The molecule has 0 aromatic heterocycles. The summed E-state index contributed by atoms with van der Waals surface area (Å²) < 4.78 is 18.9. The Balaban J connectivity index is 1.77. The Kier molecular flexibility index (Phi) is 7.49. The molecule has 0 unspecified atom stereocenters. The number of nitrogens with one attached hydrogen (secondary N) is 1. The Morgan fingerprint density at radius 2 is 1.89 bits per heavy atom. The van der Waals surface area contributed by atoms with Gasteiger partial charge in [0.25, 0.3) is 0 Å². The van der Waals surface area contributed by atoms with E-state index in [0.29, 0.717) is 5.92 Å². The van der Waals surface area contributed by atoms with Gasteiger partial charge < -0.3 is 15.0 Å². The SMILES string of the molecule is C[C@@H](CNC(C)(C)CC1CCN(C(=O)OC(C)(C)C)CC1)c1cccc(F)c1. The van der Waals surface area contributed by atoms with E-state index in [-0.39, 0.29) is 23.4 Å². The Labute approximate surface area is 169 Å². The van der Waals surface area contributed by atoms with Gasteiger partial charge in [-0.15, -0.1) is 0 Å². The van der Waals surface area contributed by atoms with Crippen LogP contribution in [0.15, 0.2) is 24.3 Å². The molecule has 1 fully saturated rings. The number of halogens is 1. The zero-order valence-electron chi connectivity index (χ0n) is 18.3. The molecule has 2 rings (SSSR count). The van der Waals surface area contributed by atoms with Gasteiger partial charge in [-0.3, -0.25) is 0 Å². The normalized spacial score (nSPS) is 17.5. The van der Waals surface area contributed by atoms with E-state index in [1.807, 2.05) is 31.7 Å². The molecule has 1 heterocycles. The van der Waals surface area contributed by atoms with Crippen LogP contribution >= 0.6 is 0 Å². The number of benzene rings is 1. The van der Waals surface area contributed by atoms with E-state index in [9.17, 15) is 9.18 Å². The Hall–Kier alpha value is -1.62. The van der Waals surface area contributed by atoms with Crippen LogP contribution in [0.5, 0.6) is 0 Å². The zero-order chi connectivity index (χ0) is 20.9. The lowest BCUT2D eigenvalue weighted by Gasteiger charge is -2.37. The first-order chi connectivity index (χ1) is 13.0. The van der Waals surface area contributed by atoms with Crippen molar-refractivity contribution < 1.29 is 13.9 Å². The minimum absolute atomic E-state index is 0.000338. The number of likely N-dealkylation sites (tertiary alicyclic amines) is 1. The summed E-state index contributed by atoms with van der Waals surface area (Å²) in [7, 11) is 0. The molecule has 1 aromatic rings. The third-order valence-corrected chi connectivity index (χ3v) is 5.37. The Bertz CT molecular complexity index is 646. The van der Waals surface area contributed by atoms with E-state index in [2.05, 4.69) is 26.1 Å². The summed E-state index contributed by atoms with van der Waals surface area (Å²) in [5.74, 6) is 0.662. The predicted octanol–water partition coefficient (Wildman–Crippen LogP) is 5.33. The average Bonchev–Trinajstić information content (AvgIpc) is 2.58. The maximum Gasteiger partial charge on any atom is 0.410 e. The first kappa shape index (κ1) is 22.7. The zero-order valence-corrected chi connectivity index (χ0v) is 18.3. The van der Waals surface area contributed by atoms with Crippen LogP contribution in [0, 0.1) is 11.7 Å². The standard InChI is InChI=1S/C23H37FN2O2/c1-17(19-8-7-9-20(24)14-19)16-25-23(5,6)15-18-10-12-26(13-11-18)21(27)28-22(2,3)4/h7-9,14,17-18,25H,10-13,15-16H2,1-6H3/t17-/m0/s1. The molecule has 0 saturated carbocycles. The van der Waals surface area contributed by atoms with Crippen LogP contribution in [0.2, 0.25) is 0 Å². The quantitative estimate of drug-likeness (QED) is 0.711. The van der Waals surface area contributed by atoms with Crippen LogP contribution in [0.25, 0.3) is 0 Å². The highest BCUT2D eigenvalue weighted by molar-refractivity contribution is 5.68. The second-order valence-electron chi connectivity index (χ2n) is 9.84. The highest BCUT2D eigenvalue weighted by Gasteiger charge is 2.30. The number of hydrogen-bond donors (Lipinski definition) is 1. The predicted molar refractivity (Wildman–Crippen MR) is 112 cm³/mol. The monoisotopic (exact) mass is 392 g/mol. The summed E-state index contributed by atoms with van der Waals surface area (Å²) in [4.78, 5) is 14.0. The van der Waals surface area contributed by atoms with Gasteiger partial charge in [0.15, 0.2) is 0 Å². The number of rotatable bonds is 6. The summed E-state index contributed by atoms with van der Waals surface area (Å²) in [6.07, 6.45) is 2.87. The number of hydrogen-bond acceptors (Lipinski definition) is 3. The van der Waals surface area contributed by atoms with Crippen molar-refractivity contribution in [1.82, 2.24) is 10.2 Å². The van der Waals surface area contributed by atoms with Crippen LogP contribution < -0.4 is 5.32 Å². The van der Waals surface area contributed by atoms with Gasteiger partial charge in [-0.05, 0) is 83.4 Å². The van der Waals surface area contributed by atoms with Gasteiger partial charge in [0.2, 0.25) is 0 Å². The molecule has 1 atom stereocenters. The molecule has 0 radical (unpaired) electrons. The molecule has 1 aromatic carbocycles. The lowest BCUT2D eigenvalue weighted by Crippen LogP contribution is -2.46. The minimum atomic E-state index is -0.446. The summed E-state index contributed by atoms with van der Waals surface area (Å²) in [5, 5.41) is 3.66. The third kappa shape index (κ3) is 7.42. The molecule has 1 aliphatic heterocycles. The van der Waals surface area contributed by atoms with Crippen molar-refractivity contribution in [3.8, 4) is 0 Å². The first-order valence-corrected chi connectivity index (χ1v) is 10.4. The van der Waals surface area contributed by atoms with Crippen molar-refractivity contribution in [1.29, 1.82) is 0 Å². The van der Waals surface area contributed by atoms with Crippen LogP contribution in [-0.2, 0) is 4.74 Å². The molecule has 0 spiro atoms. The van der Waals surface area contributed by atoms with Gasteiger partial charge in [-0.25, -0.2) is 9.18 Å². The number of carbonyl (C=O) groups excluding carboxylic acids is 1.